The van der Waals surface area contributed by atoms with Gasteiger partial charge in [0.1, 0.15) is 0 Å². The van der Waals surface area contributed by atoms with Crippen LogP contribution in [0, 0.1) is 5.92 Å². The van der Waals surface area contributed by atoms with Gasteiger partial charge in [-0.25, -0.2) is 0 Å². The maximum absolute atomic E-state index is 10.7. The molecule has 2 atom stereocenters. The molecule has 0 spiro atoms. The lowest BCUT2D eigenvalue weighted by atomic mass is 10.0. The quantitative estimate of drug-likeness (QED) is 0.565. The van der Waals surface area contributed by atoms with Crippen LogP contribution in [0.4, 0.5) is 0 Å². The van der Waals surface area contributed by atoms with Crippen molar-refractivity contribution in [3.8, 4) is 0 Å². The van der Waals surface area contributed by atoms with Crippen LogP contribution in [0.5, 0.6) is 0 Å². The molecule has 0 aromatic rings. The Morgan fingerprint density at radius 2 is 1.73 bits per heavy atom. The van der Waals surface area contributed by atoms with Crippen LogP contribution >= 0.6 is 0 Å². The molecule has 4 heteroatoms. The number of rotatable bonds is 8. The first-order valence-corrected chi connectivity index (χ1v) is 4.79. The first-order chi connectivity index (χ1) is 7.10. The summed E-state index contributed by atoms with van der Waals surface area (Å²) in [5.74, 6) is 0.149. The van der Waals surface area contributed by atoms with E-state index in [9.17, 15) is 9.59 Å². The molecular formula is C11H18N2O2. The molecule has 0 aromatic carbocycles. The Balaban J connectivity index is 4.35. The second-order valence-electron chi connectivity index (χ2n) is 3.44. The number of amides is 2. The van der Waals surface area contributed by atoms with Gasteiger partial charge in [0.2, 0.25) is 12.8 Å². The van der Waals surface area contributed by atoms with E-state index in [1.54, 1.807) is 0 Å². The van der Waals surface area contributed by atoms with Gasteiger partial charge < -0.3 is 9.80 Å². The van der Waals surface area contributed by atoms with Crippen LogP contribution in [0.1, 0.15) is 13.8 Å². The summed E-state index contributed by atoms with van der Waals surface area (Å²) in [5.41, 5.74) is 0. The highest BCUT2D eigenvalue weighted by Crippen LogP contribution is 2.11. The second kappa shape index (κ2) is 6.81. The van der Waals surface area contributed by atoms with Gasteiger partial charge in [0.05, 0.1) is 0 Å². The molecule has 0 aliphatic heterocycles. The smallest absolute Gasteiger partial charge is 0.213 e. The molecule has 2 unspecified atom stereocenters. The third-order valence-corrected chi connectivity index (χ3v) is 2.50. The highest BCUT2D eigenvalue weighted by atomic mass is 16.1. The summed E-state index contributed by atoms with van der Waals surface area (Å²) in [6.07, 6.45) is 4.39. The van der Waals surface area contributed by atoms with Gasteiger partial charge in [0.15, 0.2) is 0 Å². The molecule has 0 aliphatic carbocycles. The summed E-state index contributed by atoms with van der Waals surface area (Å²) in [4.78, 5) is 24.1. The number of nitrogens with zero attached hydrogens (tertiary/aromatic N) is 2. The van der Waals surface area contributed by atoms with Crippen molar-refractivity contribution in [3.05, 3.63) is 25.6 Å². The van der Waals surface area contributed by atoms with E-state index < -0.39 is 0 Å². The van der Waals surface area contributed by atoms with Crippen LogP contribution in [-0.2, 0) is 9.59 Å². The normalized spacial score (nSPS) is 13.5. The van der Waals surface area contributed by atoms with Crippen LogP contribution in [0.3, 0.4) is 0 Å². The first-order valence-electron chi connectivity index (χ1n) is 4.79. The molecule has 0 fully saturated rings. The number of hydrogen-bond donors (Lipinski definition) is 0. The zero-order valence-corrected chi connectivity index (χ0v) is 9.30. The molecule has 0 aliphatic rings. The molecule has 0 aromatic heterocycles. The molecule has 15 heavy (non-hydrogen) atoms. The fourth-order valence-electron chi connectivity index (χ4n) is 1.24. The lowest BCUT2D eigenvalue weighted by Crippen LogP contribution is -2.37. The molecule has 0 rings (SSSR count). The molecule has 0 saturated heterocycles. The predicted molar refractivity (Wildman–Crippen MR) is 59.7 cm³/mol. The first kappa shape index (κ1) is 13.4. The zero-order chi connectivity index (χ0) is 11.8. The summed E-state index contributed by atoms with van der Waals surface area (Å²) in [6.45, 7) is 11.5. The van der Waals surface area contributed by atoms with E-state index in [2.05, 4.69) is 13.2 Å². The van der Waals surface area contributed by atoms with E-state index in [1.165, 1.54) is 22.2 Å². The van der Waals surface area contributed by atoms with Crippen LogP contribution in [-0.4, -0.2) is 35.2 Å². The van der Waals surface area contributed by atoms with Crippen LogP contribution in [0.25, 0.3) is 0 Å². The number of carbonyl (C=O) groups excluding carboxylic acids is 2. The maximum Gasteiger partial charge on any atom is 0.213 e. The largest absolute Gasteiger partial charge is 0.322 e. The Bertz CT molecular complexity index is 225. The van der Waals surface area contributed by atoms with Crippen molar-refractivity contribution in [2.75, 3.05) is 6.54 Å². The van der Waals surface area contributed by atoms with E-state index in [0.717, 1.165) is 12.8 Å². The van der Waals surface area contributed by atoms with Gasteiger partial charge in [0.25, 0.3) is 0 Å². The standard InChI is InChI=1S/C11H18N2O2/c1-5-12(8-14)7-10(3)11(4)13(6-2)9-15/h5-6,8-11H,1-2,7H2,3-4H3. The predicted octanol–water partition coefficient (Wildman–Crippen LogP) is 1.21. The number of hydrogen-bond acceptors (Lipinski definition) is 2. The minimum absolute atomic E-state index is 0.00222. The van der Waals surface area contributed by atoms with E-state index >= 15 is 0 Å². The summed E-state index contributed by atoms with van der Waals surface area (Å²) in [7, 11) is 0. The third kappa shape index (κ3) is 3.97. The maximum atomic E-state index is 10.7. The summed E-state index contributed by atoms with van der Waals surface area (Å²) in [5, 5.41) is 0. The molecule has 2 amide bonds. The minimum Gasteiger partial charge on any atom is -0.322 e. The Hall–Kier alpha value is -1.58. The summed E-state index contributed by atoms with van der Waals surface area (Å²) >= 11 is 0. The summed E-state index contributed by atoms with van der Waals surface area (Å²) in [6, 6.07) is 0.00222. The molecule has 0 N–H and O–H groups in total. The Labute approximate surface area is 90.9 Å². The van der Waals surface area contributed by atoms with Crippen molar-refractivity contribution in [3.63, 3.8) is 0 Å². The fraction of sp³-hybridized carbons (Fsp3) is 0.455. The molecule has 0 saturated carbocycles. The van der Waals surface area contributed by atoms with Crippen molar-refractivity contribution in [1.29, 1.82) is 0 Å². The minimum atomic E-state index is 0.00222. The lowest BCUT2D eigenvalue weighted by Gasteiger charge is -2.29. The molecule has 4 nitrogen and oxygen atoms in total. The van der Waals surface area contributed by atoms with E-state index in [1.807, 2.05) is 13.8 Å². The van der Waals surface area contributed by atoms with E-state index in [-0.39, 0.29) is 12.0 Å². The van der Waals surface area contributed by atoms with Gasteiger partial charge in [0, 0.05) is 12.6 Å². The van der Waals surface area contributed by atoms with Gasteiger partial charge in [-0.1, -0.05) is 20.1 Å². The van der Waals surface area contributed by atoms with E-state index in [0.29, 0.717) is 6.54 Å². The van der Waals surface area contributed by atoms with Crippen LogP contribution in [0.15, 0.2) is 25.6 Å². The summed E-state index contributed by atoms with van der Waals surface area (Å²) < 4.78 is 0. The third-order valence-electron chi connectivity index (χ3n) is 2.50. The second-order valence-corrected chi connectivity index (χ2v) is 3.44. The van der Waals surface area contributed by atoms with Gasteiger partial charge >= 0.3 is 0 Å². The number of carbonyl (C=O) groups is 2. The fourth-order valence-corrected chi connectivity index (χ4v) is 1.24. The molecular weight excluding hydrogens is 192 g/mol. The van der Waals surface area contributed by atoms with Crippen molar-refractivity contribution in [2.24, 2.45) is 5.92 Å². The molecule has 0 heterocycles. The Morgan fingerprint density at radius 3 is 2.07 bits per heavy atom. The van der Waals surface area contributed by atoms with E-state index in [4.69, 9.17) is 0 Å². The lowest BCUT2D eigenvalue weighted by molar-refractivity contribution is -0.118. The Kier molecular flexibility index (Phi) is 6.09. The highest BCUT2D eigenvalue weighted by molar-refractivity contribution is 5.50. The Morgan fingerprint density at radius 1 is 1.13 bits per heavy atom. The average molecular weight is 210 g/mol. The van der Waals surface area contributed by atoms with Crippen LogP contribution in [0.2, 0.25) is 0 Å². The molecule has 0 radical (unpaired) electrons. The van der Waals surface area contributed by atoms with Crippen molar-refractivity contribution >= 4 is 12.8 Å². The van der Waals surface area contributed by atoms with Gasteiger partial charge in [-0.2, -0.15) is 0 Å². The highest BCUT2D eigenvalue weighted by Gasteiger charge is 2.18. The van der Waals surface area contributed by atoms with Gasteiger partial charge in [-0.15, -0.1) is 0 Å². The molecule has 84 valence electrons. The SMILES string of the molecule is C=CN(C=O)CC(C)C(C)N(C=C)C=O. The monoisotopic (exact) mass is 210 g/mol. The zero-order valence-electron chi connectivity index (χ0n) is 9.30. The van der Waals surface area contributed by atoms with Crippen molar-refractivity contribution in [1.82, 2.24) is 9.80 Å². The average Bonchev–Trinajstić information content (AvgIpc) is 2.26. The van der Waals surface area contributed by atoms with Crippen molar-refractivity contribution in [2.45, 2.75) is 19.9 Å². The van der Waals surface area contributed by atoms with Crippen LogP contribution < -0.4 is 0 Å². The van der Waals surface area contributed by atoms with Gasteiger partial charge in [-0.3, -0.25) is 9.59 Å². The topological polar surface area (TPSA) is 40.6 Å². The van der Waals surface area contributed by atoms with Crippen molar-refractivity contribution < 1.29 is 9.59 Å². The molecule has 0 bridgehead atoms. The van der Waals surface area contributed by atoms with Gasteiger partial charge in [-0.05, 0) is 25.2 Å².